The van der Waals surface area contributed by atoms with Crippen LogP contribution in [0, 0.1) is 0 Å². The maximum Gasteiger partial charge on any atom is 0.269 e. The third-order valence-electron chi connectivity index (χ3n) is 5.93. The molecule has 5 rings (SSSR count). The second-order valence-electron chi connectivity index (χ2n) is 8.05. The van der Waals surface area contributed by atoms with E-state index in [1.807, 2.05) is 52.4 Å². The smallest absolute Gasteiger partial charge is 0.269 e. The highest BCUT2D eigenvalue weighted by atomic mass is 32.1. The van der Waals surface area contributed by atoms with Crippen LogP contribution >= 0.6 is 11.3 Å². The van der Waals surface area contributed by atoms with Crippen LogP contribution in [-0.2, 0) is 0 Å². The average molecular weight is 468 g/mol. The fraction of sp³-hybridized carbons (Fsp3) is 0.143. The number of aromatic nitrogens is 2. The van der Waals surface area contributed by atoms with Gasteiger partial charge in [-0.05, 0) is 29.7 Å². The van der Waals surface area contributed by atoms with Crippen LogP contribution in [0.2, 0.25) is 0 Å². The lowest BCUT2D eigenvalue weighted by Crippen LogP contribution is -2.26. The molecule has 1 N–H and O–H groups in total. The van der Waals surface area contributed by atoms with Gasteiger partial charge in [0.05, 0.1) is 12.8 Å². The highest BCUT2D eigenvalue weighted by Gasteiger charge is 2.17. The number of hydrogen-bond donors (Lipinski definition) is 1. The molecule has 0 aliphatic carbocycles. The van der Waals surface area contributed by atoms with E-state index in [1.54, 1.807) is 7.11 Å². The van der Waals surface area contributed by atoms with Crippen molar-refractivity contribution in [3.8, 4) is 17.0 Å². The minimum Gasteiger partial charge on any atom is -0.497 e. The number of nitrogens with one attached hydrogen (secondary N) is 1. The number of imidazole rings is 1. The topological polar surface area (TPSA) is 55.6 Å². The monoisotopic (exact) mass is 467 g/mol. The van der Waals surface area contributed by atoms with Crippen LogP contribution < -0.4 is 10.1 Å². The van der Waals surface area contributed by atoms with Crippen molar-refractivity contribution in [3.05, 3.63) is 113 Å². The van der Waals surface area contributed by atoms with E-state index in [1.165, 1.54) is 22.5 Å². The molecule has 0 spiro atoms. The zero-order chi connectivity index (χ0) is 23.3. The van der Waals surface area contributed by atoms with Crippen molar-refractivity contribution in [1.82, 2.24) is 14.7 Å². The summed E-state index contributed by atoms with van der Waals surface area (Å²) in [4.78, 5) is 18.5. The van der Waals surface area contributed by atoms with E-state index in [4.69, 9.17) is 9.72 Å². The van der Waals surface area contributed by atoms with Crippen molar-refractivity contribution in [2.45, 2.75) is 12.3 Å². The molecule has 0 radical (unpaired) electrons. The van der Waals surface area contributed by atoms with Crippen molar-refractivity contribution < 1.29 is 9.53 Å². The van der Waals surface area contributed by atoms with Crippen molar-refractivity contribution in [2.24, 2.45) is 0 Å². The Morgan fingerprint density at radius 1 is 1.00 bits per heavy atom. The lowest BCUT2D eigenvalue weighted by atomic mass is 9.88. The van der Waals surface area contributed by atoms with Gasteiger partial charge >= 0.3 is 0 Å². The molecular formula is C28H25N3O2S. The molecule has 2 aromatic heterocycles. The Labute approximate surface area is 202 Å². The van der Waals surface area contributed by atoms with Crippen molar-refractivity contribution in [3.63, 3.8) is 0 Å². The Hall–Kier alpha value is -3.90. The molecule has 0 fully saturated rings. The number of ether oxygens (including phenoxy) is 1. The van der Waals surface area contributed by atoms with Crippen LogP contribution in [-0.4, -0.2) is 28.9 Å². The Morgan fingerprint density at radius 3 is 2.38 bits per heavy atom. The largest absolute Gasteiger partial charge is 0.497 e. The van der Waals surface area contributed by atoms with Crippen molar-refractivity contribution >= 4 is 22.2 Å². The molecule has 34 heavy (non-hydrogen) atoms. The zero-order valence-electron chi connectivity index (χ0n) is 18.8. The molecule has 0 atom stereocenters. The molecule has 0 aliphatic heterocycles. The van der Waals surface area contributed by atoms with E-state index in [0.717, 1.165) is 28.4 Å². The van der Waals surface area contributed by atoms with E-state index >= 15 is 0 Å². The number of benzene rings is 3. The lowest BCUT2D eigenvalue weighted by molar-refractivity contribution is 0.0947. The minimum atomic E-state index is -0.0966. The molecule has 0 saturated carbocycles. The van der Waals surface area contributed by atoms with Gasteiger partial charge < -0.3 is 10.1 Å². The Balaban J connectivity index is 1.31. The van der Waals surface area contributed by atoms with Gasteiger partial charge in [0.1, 0.15) is 11.4 Å². The number of carbonyl (C=O) groups excluding carboxylic acids is 1. The van der Waals surface area contributed by atoms with Gasteiger partial charge in [0.2, 0.25) is 0 Å². The van der Waals surface area contributed by atoms with Crippen LogP contribution in [0.4, 0.5) is 0 Å². The maximum absolute atomic E-state index is 13.0. The molecule has 0 unspecified atom stereocenters. The van der Waals surface area contributed by atoms with Gasteiger partial charge in [-0.25, -0.2) is 4.98 Å². The van der Waals surface area contributed by atoms with Gasteiger partial charge in [0, 0.05) is 29.6 Å². The number of hydrogen-bond acceptors (Lipinski definition) is 4. The molecule has 5 nitrogen and oxygen atoms in total. The SMILES string of the molecule is COc1cccc(-c2cn3c(C(=O)NCCC(c4ccccc4)c4ccccc4)csc3n2)c1. The molecule has 170 valence electrons. The van der Waals surface area contributed by atoms with Gasteiger partial charge in [-0.1, -0.05) is 72.8 Å². The molecule has 1 amide bonds. The average Bonchev–Trinajstić information content (AvgIpc) is 3.49. The highest BCUT2D eigenvalue weighted by Crippen LogP contribution is 2.28. The summed E-state index contributed by atoms with van der Waals surface area (Å²) in [5.41, 5.74) is 4.86. The molecule has 0 bridgehead atoms. The molecule has 0 aliphatic rings. The fourth-order valence-corrected chi connectivity index (χ4v) is 5.04. The third kappa shape index (κ3) is 4.58. The Bertz CT molecular complexity index is 1350. The normalized spacial score (nSPS) is 11.1. The fourth-order valence-electron chi connectivity index (χ4n) is 4.19. The number of fused-ring (bicyclic) bond motifs is 1. The molecule has 5 aromatic rings. The van der Waals surface area contributed by atoms with Crippen molar-refractivity contribution in [2.75, 3.05) is 13.7 Å². The summed E-state index contributed by atoms with van der Waals surface area (Å²) in [5, 5.41) is 4.97. The standard InChI is InChI=1S/C28H25N3O2S/c1-33-23-14-8-13-22(17-23)25-18-31-26(19-34-28(31)30-25)27(32)29-16-15-24(20-9-4-2-5-10-20)21-11-6-3-7-12-21/h2-14,17-19,24H,15-16H2,1H3,(H,29,32). The molecular weight excluding hydrogens is 442 g/mol. The Kier molecular flexibility index (Phi) is 6.40. The number of carbonyl (C=O) groups is 1. The van der Waals surface area contributed by atoms with E-state index in [0.29, 0.717) is 12.2 Å². The van der Waals surface area contributed by atoms with Crippen LogP contribution in [0.3, 0.4) is 0 Å². The number of thiazole rings is 1. The first-order valence-corrected chi connectivity index (χ1v) is 12.1. The van der Waals surface area contributed by atoms with E-state index in [2.05, 4.69) is 53.8 Å². The van der Waals surface area contributed by atoms with Crippen LogP contribution in [0.15, 0.2) is 96.5 Å². The summed E-state index contributed by atoms with van der Waals surface area (Å²) < 4.78 is 7.19. The third-order valence-corrected chi connectivity index (χ3v) is 6.77. The summed E-state index contributed by atoms with van der Waals surface area (Å²) in [6.07, 6.45) is 2.72. The first-order chi connectivity index (χ1) is 16.7. The number of nitrogens with zero attached hydrogens (tertiary/aromatic N) is 2. The summed E-state index contributed by atoms with van der Waals surface area (Å²) >= 11 is 1.46. The first-order valence-electron chi connectivity index (χ1n) is 11.2. The van der Waals surface area contributed by atoms with Crippen LogP contribution in [0.25, 0.3) is 16.2 Å². The predicted molar refractivity (Wildman–Crippen MR) is 137 cm³/mol. The number of methoxy groups -OCH3 is 1. The van der Waals surface area contributed by atoms with Crippen molar-refractivity contribution in [1.29, 1.82) is 0 Å². The second-order valence-corrected chi connectivity index (χ2v) is 8.89. The maximum atomic E-state index is 13.0. The molecule has 2 heterocycles. The second kappa shape index (κ2) is 9.93. The van der Waals surface area contributed by atoms with E-state index < -0.39 is 0 Å². The number of amides is 1. The zero-order valence-corrected chi connectivity index (χ0v) is 19.7. The van der Waals surface area contributed by atoms with E-state index in [9.17, 15) is 4.79 Å². The summed E-state index contributed by atoms with van der Waals surface area (Å²) in [5.74, 6) is 0.900. The molecule has 6 heteroatoms. The van der Waals surface area contributed by atoms with Crippen LogP contribution in [0.5, 0.6) is 5.75 Å². The first kappa shape index (κ1) is 21.9. The van der Waals surface area contributed by atoms with E-state index in [-0.39, 0.29) is 11.8 Å². The van der Waals surface area contributed by atoms with Gasteiger partial charge in [-0.2, -0.15) is 0 Å². The van der Waals surface area contributed by atoms with Gasteiger partial charge in [0.25, 0.3) is 5.91 Å². The predicted octanol–water partition coefficient (Wildman–Crippen LogP) is 6.02. The van der Waals surface area contributed by atoms with Gasteiger partial charge in [-0.15, -0.1) is 11.3 Å². The van der Waals surface area contributed by atoms with Crippen LogP contribution in [0.1, 0.15) is 34.0 Å². The number of rotatable bonds is 8. The Morgan fingerprint density at radius 2 is 1.71 bits per heavy atom. The molecule has 0 saturated heterocycles. The highest BCUT2D eigenvalue weighted by molar-refractivity contribution is 7.15. The summed E-state index contributed by atoms with van der Waals surface area (Å²) in [6.45, 7) is 0.571. The summed E-state index contributed by atoms with van der Waals surface area (Å²) in [7, 11) is 1.65. The van der Waals surface area contributed by atoms with Gasteiger partial charge in [0.15, 0.2) is 4.96 Å². The lowest BCUT2D eigenvalue weighted by Gasteiger charge is -2.18. The molecule has 3 aromatic carbocycles. The summed E-state index contributed by atoms with van der Waals surface area (Å²) in [6, 6.07) is 28.7. The quantitative estimate of drug-likeness (QED) is 0.303. The van der Waals surface area contributed by atoms with Gasteiger partial charge in [-0.3, -0.25) is 9.20 Å². The minimum absolute atomic E-state index is 0.0966.